The summed E-state index contributed by atoms with van der Waals surface area (Å²) in [5, 5.41) is 11.6. The monoisotopic (exact) mass is 246 g/mol. The number of pyridine rings is 1. The van der Waals surface area contributed by atoms with Gasteiger partial charge in [0.2, 0.25) is 0 Å². The molecule has 2 rings (SSSR count). The Kier molecular flexibility index (Phi) is 2.68. The van der Waals surface area contributed by atoms with Gasteiger partial charge in [-0.3, -0.25) is 0 Å². The van der Waals surface area contributed by atoms with Crippen LogP contribution in [0.25, 0.3) is 0 Å². The summed E-state index contributed by atoms with van der Waals surface area (Å²) in [7, 11) is 0. The predicted octanol–water partition coefficient (Wildman–Crippen LogP) is 2.37. The van der Waals surface area contributed by atoms with Crippen LogP contribution in [0.3, 0.4) is 0 Å². The first-order chi connectivity index (χ1) is 7.88. The molecular formula is C10H9F3N2O2. The molecule has 4 nitrogen and oxygen atoms in total. The summed E-state index contributed by atoms with van der Waals surface area (Å²) in [6.07, 6.45) is -2.20. The van der Waals surface area contributed by atoms with E-state index in [2.05, 4.69) is 10.3 Å². The number of nitrogens with one attached hydrogen (secondary N) is 1. The zero-order valence-corrected chi connectivity index (χ0v) is 8.58. The van der Waals surface area contributed by atoms with Gasteiger partial charge in [-0.1, -0.05) is 0 Å². The van der Waals surface area contributed by atoms with E-state index < -0.39 is 23.3 Å². The number of anilines is 1. The molecule has 1 aliphatic rings. The van der Waals surface area contributed by atoms with Crippen LogP contribution < -0.4 is 5.32 Å². The Balaban J connectivity index is 2.36. The zero-order valence-electron chi connectivity index (χ0n) is 8.58. The van der Waals surface area contributed by atoms with Crippen molar-refractivity contribution in [3.8, 4) is 0 Å². The molecule has 0 atom stereocenters. The summed E-state index contributed by atoms with van der Waals surface area (Å²) < 4.78 is 37.2. The third kappa shape index (κ3) is 2.66. The second kappa shape index (κ2) is 3.90. The average Bonchev–Trinajstić information content (AvgIpc) is 3.00. The number of hydrogen-bond donors (Lipinski definition) is 2. The van der Waals surface area contributed by atoms with Gasteiger partial charge in [0.1, 0.15) is 11.4 Å². The molecule has 0 saturated heterocycles. The third-order valence-electron chi connectivity index (χ3n) is 2.36. The first-order valence-corrected chi connectivity index (χ1v) is 4.95. The number of hydrogen-bond acceptors (Lipinski definition) is 3. The fraction of sp³-hybridized carbons (Fsp3) is 0.400. The van der Waals surface area contributed by atoms with Crippen LogP contribution in [0.15, 0.2) is 12.3 Å². The molecule has 0 aromatic carbocycles. The maximum absolute atomic E-state index is 12.4. The lowest BCUT2D eigenvalue weighted by Gasteiger charge is -2.11. The predicted molar refractivity (Wildman–Crippen MR) is 52.8 cm³/mol. The van der Waals surface area contributed by atoms with Gasteiger partial charge in [0.25, 0.3) is 0 Å². The standard InChI is InChI=1S/C10H9F3N2O2/c11-10(12,13)5-3-7(9(16)17)8(14-4-5)15-6-1-2-6/h3-4,6H,1-2H2,(H,14,15)(H,16,17). The van der Waals surface area contributed by atoms with Crippen LogP contribution in [0.2, 0.25) is 0 Å². The van der Waals surface area contributed by atoms with E-state index in [-0.39, 0.29) is 11.9 Å². The van der Waals surface area contributed by atoms with E-state index in [0.29, 0.717) is 12.3 Å². The van der Waals surface area contributed by atoms with Crippen LogP contribution in [0, 0.1) is 0 Å². The number of halogens is 3. The van der Waals surface area contributed by atoms with Gasteiger partial charge in [-0.05, 0) is 18.9 Å². The lowest BCUT2D eigenvalue weighted by atomic mass is 10.2. The molecule has 17 heavy (non-hydrogen) atoms. The molecular weight excluding hydrogens is 237 g/mol. The highest BCUT2D eigenvalue weighted by Crippen LogP contribution is 2.32. The fourth-order valence-corrected chi connectivity index (χ4v) is 1.32. The second-order valence-electron chi connectivity index (χ2n) is 3.84. The van der Waals surface area contributed by atoms with Crippen molar-refractivity contribution in [3.05, 3.63) is 23.4 Å². The highest BCUT2D eigenvalue weighted by molar-refractivity contribution is 5.93. The number of rotatable bonds is 3. The summed E-state index contributed by atoms with van der Waals surface area (Å²) in [4.78, 5) is 14.4. The van der Waals surface area contributed by atoms with E-state index in [0.717, 1.165) is 12.8 Å². The van der Waals surface area contributed by atoms with Crippen molar-refractivity contribution in [2.24, 2.45) is 0 Å². The molecule has 0 amide bonds. The summed E-state index contributed by atoms with van der Waals surface area (Å²) >= 11 is 0. The minimum atomic E-state index is -4.59. The van der Waals surface area contributed by atoms with Crippen LogP contribution >= 0.6 is 0 Å². The Morgan fingerprint density at radius 1 is 1.47 bits per heavy atom. The van der Waals surface area contributed by atoms with E-state index in [1.54, 1.807) is 0 Å². The molecule has 1 aromatic rings. The minimum absolute atomic E-state index is 0.00648. The first kappa shape index (κ1) is 11.7. The van der Waals surface area contributed by atoms with Crippen molar-refractivity contribution in [1.82, 2.24) is 4.98 Å². The van der Waals surface area contributed by atoms with Crippen molar-refractivity contribution in [3.63, 3.8) is 0 Å². The molecule has 92 valence electrons. The van der Waals surface area contributed by atoms with Gasteiger partial charge in [0.15, 0.2) is 0 Å². The fourth-order valence-electron chi connectivity index (χ4n) is 1.32. The first-order valence-electron chi connectivity index (χ1n) is 4.95. The van der Waals surface area contributed by atoms with E-state index in [1.165, 1.54) is 0 Å². The minimum Gasteiger partial charge on any atom is -0.478 e. The smallest absolute Gasteiger partial charge is 0.417 e. The molecule has 0 spiro atoms. The summed E-state index contributed by atoms with van der Waals surface area (Å²) in [6.45, 7) is 0. The Morgan fingerprint density at radius 3 is 2.59 bits per heavy atom. The second-order valence-corrected chi connectivity index (χ2v) is 3.84. The molecule has 1 heterocycles. The number of carboxylic acids is 1. The number of aromatic carboxylic acids is 1. The van der Waals surface area contributed by atoms with E-state index in [9.17, 15) is 18.0 Å². The third-order valence-corrected chi connectivity index (χ3v) is 2.36. The average molecular weight is 246 g/mol. The van der Waals surface area contributed by atoms with Crippen LogP contribution in [-0.4, -0.2) is 22.1 Å². The molecule has 1 fully saturated rings. The highest BCUT2D eigenvalue weighted by atomic mass is 19.4. The van der Waals surface area contributed by atoms with Crippen LogP contribution in [-0.2, 0) is 6.18 Å². The van der Waals surface area contributed by atoms with Gasteiger partial charge >= 0.3 is 12.1 Å². The van der Waals surface area contributed by atoms with Crippen molar-refractivity contribution in [2.45, 2.75) is 25.1 Å². The topological polar surface area (TPSA) is 62.2 Å². The Hall–Kier alpha value is -1.79. The van der Waals surface area contributed by atoms with Crippen LogP contribution in [0.1, 0.15) is 28.8 Å². The molecule has 0 bridgehead atoms. The summed E-state index contributed by atoms with van der Waals surface area (Å²) in [6, 6.07) is 0.720. The quantitative estimate of drug-likeness (QED) is 0.859. The highest BCUT2D eigenvalue weighted by Gasteiger charge is 2.33. The summed E-state index contributed by atoms with van der Waals surface area (Å²) in [5.74, 6) is -1.43. The lowest BCUT2D eigenvalue weighted by molar-refractivity contribution is -0.137. The Bertz CT molecular complexity index is 455. The lowest BCUT2D eigenvalue weighted by Crippen LogP contribution is -2.13. The molecule has 1 aromatic heterocycles. The molecule has 0 aliphatic heterocycles. The van der Waals surface area contributed by atoms with Gasteiger partial charge in [0.05, 0.1) is 5.56 Å². The number of carbonyl (C=O) groups is 1. The van der Waals surface area contributed by atoms with Crippen molar-refractivity contribution in [1.29, 1.82) is 0 Å². The van der Waals surface area contributed by atoms with E-state index in [1.807, 2.05) is 0 Å². The van der Waals surface area contributed by atoms with Crippen molar-refractivity contribution < 1.29 is 23.1 Å². The molecule has 7 heteroatoms. The van der Waals surface area contributed by atoms with Gasteiger partial charge in [-0.2, -0.15) is 13.2 Å². The largest absolute Gasteiger partial charge is 0.478 e. The van der Waals surface area contributed by atoms with Crippen LogP contribution in [0.5, 0.6) is 0 Å². The molecule has 1 saturated carbocycles. The number of nitrogens with zero attached hydrogens (tertiary/aromatic N) is 1. The van der Waals surface area contributed by atoms with E-state index >= 15 is 0 Å². The maximum Gasteiger partial charge on any atom is 0.417 e. The normalized spacial score (nSPS) is 15.7. The molecule has 0 radical (unpaired) electrons. The van der Waals surface area contributed by atoms with E-state index in [4.69, 9.17) is 5.11 Å². The number of aromatic nitrogens is 1. The Morgan fingerprint density at radius 2 is 2.12 bits per heavy atom. The van der Waals surface area contributed by atoms with Gasteiger partial charge in [-0.15, -0.1) is 0 Å². The van der Waals surface area contributed by atoms with Crippen molar-refractivity contribution in [2.75, 3.05) is 5.32 Å². The van der Waals surface area contributed by atoms with Gasteiger partial charge in [0, 0.05) is 12.2 Å². The van der Waals surface area contributed by atoms with Gasteiger partial charge < -0.3 is 10.4 Å². The number of carboxylic acid groups (broad SMARTS) is 1. The molecule has 1 aliphatic carbocycles. The van der Waals surface area contributed by atoms with Crippen LogP contribution in [0.4, 0.5) is 19.0 Å². The van der Waals surface area contributed by atoms with Gasteiger partial charge in [-0.25, -0.2) is 9.78 Å². The Labute approximate surface area is 94.5 Å². The molecule has 2 N–H and O–H groups in total. The van der Waals surface area contributed by atoms with Crippen molar-refractivity contribution >= 4 is 11.8 Å². The summed E-state index contributed by atoms with van der Waals surface area (Å²) in [5.41, 5.74) is -1.51. The SMILES string of the molecule is O=C(O)c1cc(C(F)(F)F)cnc1NC1CC1. The number of alkyl halides is 3. The molecule has 0 unspecified atom stereocenters. The zero-order chi connectivity index (χ0) is 12.6. The maximum atomic E-state index is 12.4.